The van der Waals surface area contributed by atoms with Crippen LogP contribution in [0.25, 0.3) is 0 Å². The molecule has 4 rings (SSSR count). The minimum Gasteiger partial charge on any atom is -0.338 e. The summed E-state index contributed by atoms with van der Waals surface area (Å²) < 4.78 is 0. The maximum atomic E-state index is 12.6. The number of nitrogens with one attached hydrogen (secondary N) is 3. The van der Waals surface area contributed by atoms with Crippen molar-refractivity contribution < 1.29 is 9.59 Å². The second-order valence-electron chi connectivity index (χ2n) is 6.61. The third-order valence-corrected chi connectivity index (χ3v) is 4.85. The molecular formula is C18H21N5O2. The number of aromatic amines is 1. The van der Waals surface area contributed by atoms with Gasteiger partial charge in [0.15, 0.2) is 5.82 Å². The number of carbonyl (C=O) groups excluding carboxylic acids is 2. The Morgan fingerprint density at radius 3 is 3.00 bits per heavy atom. The van der Waals surface area contributed by atoms with Gasteiger partial charge in [-0.3, -0.25) is 14.7 Å². The highest BCUT2D eigenvalue weighted by atomic mass is 16.2. The Bertz CT molecular complexity index is 786. The van der Waals surface area contributed by atoms with Crippen LogP contribution in [-0.4, -0.2) is 40.0 Å². The van der Waals surface area contributed by atoms with Crippen molar-refractivity contribution in [2.24, 2.45) is 5.92 Å². The summed E-state index contributed by atoms with van der Waals surface area (Å²) in [5.74, 6) is 0.139. The topological polar surface area (TPSA) is 90.1 Å². The Labute approximate surface area is 145 Å². The van der Waals surface area contributed by atoms with E-state index in [0.29, 0.717) is 25.5 Å². The van der Waals surface area contributed by atoms with E-state index in [-0.39, 0.29) is 24.2 Å². The Balaban J connectivity index is 1.40. The van der Waals surface area contributed by atoms with Crippen molar-refractivity contribution in [1.29, 1.82) is 0 Å². The number of hydrogen-bond donors (Lipinski definition) is 3. The second kappa shape index (κ2) is 6.68. The van der Waals surface area contributed by atoms with Gasteiger partial charge >= 0.3 is 0 Å². The van der Waals surface area contributed by atoms with Crippen LogP contribution >= 0.6 is 0 Å². The molecule has 2 amide bonds. The average molecular weight is 339 g/mol. The zero-order valence-corrected chi connectivity index (χ0v) is 13.9. The first-order valence-electron chi connectivity index (χ1n) is 8.60. The van der Waals surface area contributed by atoms with Crippen molar-refractivity contribution in [1.82, 2.24) is 20.4 Å². The van der Waals surface area contributed by atoms with Crippen molar-refractivity contribution in [3.05, 3.63) is 47.2 Å². The molecule has 1 fully saturated rings. The Morgan fingerprint density at radius 2 is 2.16 bits per heavy atom. The van der Waals surface area contributed by atoms with Gasteiger partial charge in [0, 0.05) is 50.3 Å². The molecule has 7 nitrogen and oxygen atoms in total. The summed E-state index contributed by atoms with van der Waals surface area (Å²) in [7, 11) is 0. The molecule has 3 N–H and O–H groups in total. The molecule has 2 aliphatic heterocycles. The second-order valence-corrected chi connectivity index (χ2v) is 6.61. The van der Waals surface area contributed by atoms with Gasteiger partial charge in [-0.25, -0.2) is 0 Å². The molecular weight excluding hydrogens is 318 g/mol. The van der Waals surface area contributed by atoms with E-state index in [1.807, 2.05) is 30.3 Å². The third kappa shape index (κ3) is 3.28. The highest BCUT2D eigenvalue weighted by Gasteiger charge is 2.35. The molecule has 0 saturated carbocycles. The van der Waals surface area contributed by atoms with Gasteiger partial charge in [-0.05, 0) is 5.56 Å². The number of H-pyrrole nitrogens is 1. The first kappa shape index (κ1) is 15.8. The number of nitrogens with zero attached hydrogens (tertiary/aromatic N) is 2. The molecule has 1 saturated heterocycles. The number of rotatable bonds is 4. The molecule has 0 bridgehead atoms. The van der Waals surface area contributed by atoms with Gasteiger partial charge in [0.1, 0.15) is 0 Å². The Morgan fingerprint density at radius 1 is 1.32 bits per heavy atom. The third-order valence-electron chi connectivity index (χ3n) is 4.85. The number of fused-ring (bicyclic) bond motifs is 1. The van der Waals surface area contributed by atoms with E-state index in [1.165, 1.54) is 0 Å². The quantitative estimate of drug-likeness (QED) is 0.776. The smallest absolute Gasteiger partial charge is 0.231 e. The maximum absolute atomic E-state index is 12.6. The highest BCUT2D eigenvalue weighted by Crippen LogP contribution is 2.24. The summed E-state index contributed by atoms with van der Waals surface area (Å²) in [5, 5.41) is 13.4. The largest absolute Gasteiger partial charge is 0.338 e. The summed E-state index contributed by atoms with van der Waals surface area (Å²) in [4.78, 5) is 26.6. The lowest BCUT2D eigenvalue weighted by atomic mass is 10.1. The van der Waals surface area contributed by atoms with E-state index in [0.717, 1.165) is 29.8 Å². The van der Waals surface area contributed by atoms with E-state index in [2.05, 4.69) is 20.8 Å². The van der Waals surface area contributed by atoms with Crippen LogP contribution < -0.4 is 10.6 Å². The number of carbonyl (C=O) groups is 2. The lowest BCUT2D eigenvalue weighted by molar-refractivity contribution is -0.128. The van der Waals surface area contributed by atoms with Crippen LogP contribution in [0.2, 0.25) is 0 Å². The Hall–Kier alpha value is -2.67. The normalized spacial score (nSPS) is 19.8. The minimum atomic E-state index is -0.333. The van der Waals surface area contributed by atoms with Crippen LogP contribution in [0.1, 0.15) is 23.2 Å². The van der Waals surface area contributed by atoms with E-state index < -0.39 is 0 Å². The molecule has 1 atom stereocenters. The van der Waals surface area contributed by atoms with Crippen LogP contribution in [0.5, 0.6) is 0 Å². The van der Waals surface area contributed by atoms with Gasteiger partial charge in [0.05, 0.1) is 5.92 Å². The van der Waals surface area contributed by atoms with E-state index >= 15 is 0 Å². The number of aromatic nitrogens is 2. The van der Waals surface area contributed by atoms with Gasteiger partial charge in [0.2, 0.25) is 11.8 Å². The zero-order chi connectivity index (χ0) is 17.2. The predicted octanol–water partition coefficient (Wildman–Crippen LogP) is 1.04. The van der Waals surface area contributed by atoms with E-state index in [4.69, 9.17) is 0 Å². The molecule has 0 spiro atoms. The molecule has 0 radical (unpaired) electrons. The van der Waals surface area contributed by atoms with Gasteiger partial charge in [-0.1, -0.05) is 30.3 Å². The summed E-state index contributed by atoms with van der Waals surface area (Å²) >= 11 is 0. The number of hydrogen-bond acceptors (Lipinski definition) is 4. The molecule has 3 heterocycles. The Kier molecular flexibility index (Phi) is 4.23. The molecule has 130 valence electrons. The van der Waals surface area contributed by atoms with Crippen molar-refractivity contribution in [3.63, 3.8) is 0 Å². The molecule has 0 aliphatic carbocycles. The molecule has 1 unspecified atom stereocenters. The van der Waals surface area contributed by atoms with Crippen LogP contribution in [0.15, 0.2) is 30.3 Å². The van der Waals surface area contributed by atoms with Gasteiger partial charge < -0.3 is 15.5 Å². The van der Waals surface area contributed by atoms with Crippen molar-refractivity contribution in [2.45, 2.75) is 25.9 Å². The minimum absolute atomic E-state index is 0.0229. The molecule has 1 aromatic heterocycles. The standard InChI is InChI=1S/C18H21N5O2/c24-16-8-13(11-23(16)10-12-4-2-1-3-5-12)18(25)20-17-14-9-19-7-6-15(14)21-22-17/h1-5,13,19H,6-11H2,(H2,20,21,22,25). The van der Waals surface area contributed by atoms with Gasteiger partial charge in [0.25, 0.3) is 0 Å². The fraction of sp³-hybridized carbons (Fsp3) is 0.389. The summed E-state index contributed by atoms with van der Waals surface area (Å²) in [5.41, 5.74) is 3.16. The predicted molar refractivity (Wildman–Crippen MR) is 92.6 cm³/mol. The fourth-order valence-corrected chi connectivity index (χ4v) is 3.45. The molecule has 2 aromatic rings. The number of benzene rings is 1. The number of amides is 2. The molecule has 1 aromatic carbocycles. The summed E-state index contributed by atoms with van der Waals surface area (Å²) in [6.07, 6.45) is 1.13. The average Bonchev–Trinajstić information content (AvgIpc) is 3.20. The fourth-order valence-electron chi connectivity index (χ4n) is 3.45. The van der Waals surface area contributed by atoms with Gasteiger partial charge in [-0.2, -0.15) is 5.10 Å². The molecule has 2 aliphatic rings. The van der Waals surface area contributed by atoms with E-state index in [1.54, 1.807) is 4.90 Å². The first-order valence-corrected chi connectivity index (χ1v) is 8.60. The monoisotopic (exact) mass is 339 g/mol. The number of anilines is 1. The SMILES string of the molecule is O=C(Nc1n[nH]c2c1CNCC2)C1CC(=O)N(Cc2ccccc2)C1. The van der Waals surface area contributed by atoms with E-state index in [9.17, 15) is 9.59 Å². The lowest BCUT2D eigenvalue weighted by Gasteiger charge is -2.17. The molecule has 25 heavy (non-hydrogen) atoms. The summed E-state index contributed by atoms with van der Waals surface area (Å²) in [6.45, 7) is 2.61. The summed E-state index contributed by atoms with van der Waals surface area (Å²) in [6, 6.07) is 9.84. The molecule has 7 heteroatoms. The van der Waals surface area contributed by atoms with Crippen molar-refractivity contribution in [3.8, 4) is 0 Å². The maximum Gasteiger partial charge on any atom is 0.231 e. The van der Waals surface area contributed by atoms with Gasteiger partial charge in [-0.15, -0.1) is 0 Å². The highest BCUT2D eigenvalue weighted by molar-refractivity contribution is 5.97. The van der Waals surface area contributed by atoms with Crippen LogP contribution in [0.3, 0.4) is 0 Å². The van der Waals surface area contributed by atoms with Crippen molar-refractivity contribution in [2.75, 3.05) is 18.4 Å². The lowest BCUT2D eigenvalue weighted by Crippen LogP contribution is -2.29. The van der Waals surface area contributed by atoms with Crippen LogP contribution in [0, 0.1) is 5.92 Å². The van der Waals surface area contributed by atoms with Crippen LogP contribution in [0.4, 0.5) is 5.82 Å². The van der Waals surface area contributed by atoms with Crippen LogP contribution in [-0.2, 0) is 29.1 Å². The first-order chi connectivity index (χ1) is 12.2. The van der Waals surface area contributed by atoms with Crippen molar-refractivity contribution >= 4 is 17.6 Å². The zero-order valence-electron chi connectivity index (χ0n) is 13.9. The number of likely N-dealkylation sites (tertiary alicyclic amines) is 1.